The number of nitrogens with two attached hydrogens (primary N) is 1. The minimum absolute atomic E-state index is 0.00926. The van der Waals surface area contributed by atoms with Gasteiger partial charge in [0.25, 0.3) is 0 Å². The molecule has 0 saturated heterocycles. The van der Waals surface area contributed by atoms with Crippen molar-refractivity contribution in [1.29, 1.82) is 0 Å². The molecule has 0 rings (SSSR count). The van der Waals surface area contributed by atoms with E-state index in [1.54, 1.807) is 21.0 Å². The Hall–Kier alpha value is -0.830. The molecule has 0 aliphatic rings. The second kappa shape index (κ2) is 18.5. The lowest BCUT2D eigenvalue weighted by atomic mass is 10.0. The molecule has 0 fully saturated rings. The van der Waals surface area contributed by atoms with Crippen LogP contribution in [-0.4, -0.2) is 30.9 Å². The molecule has 0 radical (unpaired) electrons. The number of likely N-dealkylation sites (N-methyl/N-ethyl adjacent to an activating group) is 1. The molecule has 0 aromatic heterocycles. The summed E-state index contributed by atoms with van der Waals surface area (Å²) in [5.41, 5.74) is 6.56. The smallest absolute Gasteiger partial charge is 0.248 e. The van der Waals surface area contributed by atoms with Crippen LogP contribution in [0.1, 0.15) is 97.8 Å². The highest BCUT2D eigenvalue weighted by molar-refractivity contribution is 5.91. The van der Waals surface area contributed by atoms with E-state index in [0.717, 1.165) is 0 Å². The van der Waals surface area contributed by atoms with E-state index >= 15 is 0 Å². The molecule has 3 heteroatoms. The summed E-state index contributed by atoms with van der Waals surface area (Å²) in [7, 11) is 3.41. The van der Waals surface area contributed by atoms with Gasteiger partial charge in [0.2, 0.25) is 5.91 Å². The van der Waals surface area contributed by atoms with Gasteiger partial charge in [0.15, 0.2) is 0 Å². The van der Waals surface area contributed by atoms with E-state index in [0.29, 0.717) is 11.6 Å². The fraction of sp³-hybridized carbons (Fsp3) is 0.857. The maximum Gasteiger partial charge on any atom is 0.248 e. The van der Waals surface area contributed by atoms with E-state index in [2.05, 4.69) is 20.4 Å². The zero-order valence-corrected chi connectivity index (χ0v) is 17.2. The highest BCUT2D eigenvalue weighted by Crippen LogP contribution is 2.11. The molecule has 1 unspecified atom stereocenters. The Morgan fingerprint density at radius 1 is 0.875 bits per heavy atom. The van der Waals surface area contributed by atoms with Gasteiger partial charge in [-0.2, -0.15) is 0 Å². The highest BCUT2D eigenvalue weighted by atomic mass is 16.2. The van der Waals surface area contributed by atoms with Crippen LogP contribution in [0.25, 0.3) is 0 Å². The fourth-order valence-electron chi connectivity index (χ4n) is 2.61. The van der Waals surface area contributed by atoms with Gasteiger partial charge in [-0.1, -0.05) is 84.6 Å². The average Bonchev–Trinajstić information content (AvgIpc) is 2.53. The maximum atomic E-state index is 10.7. The molecule has 0 spiro atoms. The van der Waals surface area contributed by atoms with Gasteiger partial charge in [0.05, 0.1) is 0 Å². The van der Waals surface area contributed by atoms with Crippen LogP contribution in [0, 0.1) is 0 Å². The lowest BCUT2D eigenvalue weighted by Crippen LogP contribution is -2.21. The van der Waals surface area contributed by atoms with Crippen LogP contribution in [0.3, 0.4) is 0 Å². The minimum Gasteiger partial charge on any atom is -0.345 e. The normalized spacial score (nSPS) is 11.4. The fourth-order valence-corrected chi connectivity index (χ4v) is 2.61. The molecule has 0 aliphatic heterocycles. The van der Waals surface area contributed by atoms with Crippen molar-refractivity contribution in [1.82, 2.24) is 4.90 Å². The zero-order chi connectivity index (χ0) is 18.8. The molecule has 144 valence electrons. The van der Waals surface area contributed by atoms with Crippen molar-refractivity contribution >= 4 is 5.91 Å². The van der Waals surface area contributed by atoms with Crippen LogP contribution in [0.5, 0.6) is 0 Å². The van der Waals surface area contributed by atoms with E-state index in [1.807, 2.05) is 0 Å². The Morgan fingerprint density at radius 3 is 1.67 bits per heavy atom. The summed E-state index contributed by atoms with van der Waals surface area (Å²) in [5, 5.41) is 0. The van der Waals surface area contributed by atoms with Crippen molar-refractivity contribution in [2.45, 2.75) is 104 Å². The van der Waals surface area contributed by atoms with Crippen LogP contribution >= 0.6 is 0 Å². The third-order valence-electron chi connectivity index (χ3n) is 4.11. The molecular weight excluding hydrogens is 296 g/mol. The molecular formula is C21H44N2O. The van der Waals surface area contributed by atoms with Crippen molar-refractivity contribution in [2.75, 3.05) is 14.1 Å². The molecule has 3 nitrogen and oxygen atoms in total. The summed E-state index contributed by atoms with van der Waals surface area (Å²) in [6.07, 6.45) is 16.4. The Labute approximate surface area is 152 Å². The zero-order valence-electron chi connectivity index (χ0n) is 17.2. The van der Waals surface area contributed by atoms with Gasteiger partial charge in [-0.15, -0.1) is 0 Å². The molecule has 0 heterocycles. The summed E-state index contributed by atoms with van der Waals surface area (Å²) >= 11 is 0. The summed E-state index contributed by atoms with van der Waals surface area (Å²) < 4.78 is 0. The van der Waals surface area contributed by atoms with E-state index in [9.17, 15) is 4.79 Å². The molecule has 0 aromatic carbocycles. The summed E-state index contributed by atoms with van der Waals surface area (Å²) in [6, 6.07) is 0.467. The van der Waals surface area contributed by atoms with Crippen molar-refractivity contribution in [3.8, 4) is 0 Å². The molecule has 0 saturated carbocycles. The molecule has 0 aromatic rings. The summed E-state index contributed by atoms with van der Waals surface area (Å²) in [5.74, 6) is -0.00926. The lowest BCUT2D eigenvalue weighted by molar-refractivity contribution is -0.124. The number of hydrogen-bond donors (Lipinski definition) is 1. The first kappa shape index (κ1) is 25.4. The first-order valence-electron chi connectivity index (χ1n) is 9.99. The minimum atomic E-state index is -0.00926. The number of unbranched alkanes of at least 4 members (excludes halogenated alkanes) is 8. The largest absolute Gasteiger partial charge is 0.345 e. The second-order valence-electron chi connectivity index (χ2n) is 7.15. The number of rotatable bonds is 13. The van der Waals surface area contributed by atoms with E-state index in [1.165, 1.54) is 81.9 Å². The van der Waals surface area contributed by atoms with Gasteiger partial charge in [0, 0.05) is 25.7 Å². The van der Waals surface area contributed by atoms with Gasteiger partial charge in [0.1, 0.15) is 0 Å². The van der Waals surface area contributed by atoms with Crippen molar-refractivity contribution in [2.24, 2.45) is 5.73 Å². The Morgan fingerprint density at radius 2 is 1.33 bits per heavy atom. The molecule has 24 heavy (non-hydrogen) atoms. The lowest BCUT2D eigenvalue weighted by Gasteiger charge is -2.09. The second-order valence-corrected chi connectivity index (χ2v) is 7.15. The number of nitrogens with zero attached hydrogens (tertiary/aromatic N) is 1. The predicted octanol–water partition coefficient (Wildman–Crippen LogP) is 5.69. The summed E-state index contributed by atoms with van der Waals surface area (Å²) in [4.78, 5) is 12.2. The van der Waals surface area contributed by atoms with Crippen LogP contribution in [0.15, 0.2) is 12.2 Å². The van der Waals surface area contributed by atoms with Crippen LogP contribution in [0.2, 0.25) is 0 Å². The van der Waals surface area contributed by atoms with Gasteiger partial charge < -0.3 is 10.6 Å². The van der Waals surface area contributed by atoms with Gasteiger partial charge >= 0.3 is 0 Å². The third-order valence-corrected chi connectivity index (χ3v) is 4.11. The van der Waals surface area contributed by atoms with Crippen LogP contribution in [-0.2, 0) is 4.79 Å². The first-order chi connectivity index (χ1) is 11.4. The number of hydrogen-bond acceptors (Lipinski definition) is 2. The quantitative estimate of drug-likeness (QED) is 0.346. The predicted molar refractivity (Wildman–Crippen MR) is 108 cm³/mol. The topological polar surface area (TPSA) is 46.3 Å². The molecule has 0 aliphatic carbocycles. The molecule has 0 bridgehead atoms. The Kier molecular flexibility index (Phi) is 19.6. The summed E-state index contributed by atoms with van der Waals surface area (Å²) in [6.45, 7) is 9.68. The number of amides is 1. The standard InChI is InChI=1S/C15H33N.C6H11NO/c1-3-5-6-7-8-9-10-11-12-14-15(16)13-4-2;1-5(2)6(8)7(3)4/h15H,3-14,16H2,1-2H3;1H2,2-4H3. The van der Waals surface area contributed by atoms with Crippen molar-refractivity contribution < 1.29 is 4.79 Å². The first-order valence-corrected chi connectivity index (χ1v) is 9.99. The molecule has 1 amide bonds. The number of carbonyl (C=O) groups excluding carboxylic acids is 1. The van der Waals surface area contributed by atoms with Crippen molar-refractivity contribution in [3.05, 3.63) is 12.2 Å². The van der Waals surface area contributed by atoms with Crippen LogP contribution < -0.4 is 5.73 Å². The molecule has 1 atom stereocenters. The third kappa shape index (κ3) is 19.2. The molecule has 2 N–H and O–H groups in total. The van der Waals surface area contributed by atoms with Crippen molar-refractivity contribution in [3.63, 3.8) is 0 Å². The monoisotopic (exact) mass is 340 g/mol. The van der Waals surface area contributed by atoms with E-state index in [4.69, 9.17) is 5.73 Å². The number of carbonyl (C=O) groups is 1. The maximum absolute atomic E-state index is 10.7. The highest BCUT2D eigenvalue weighted by Gasteiger charge is 2.01. The Bertz CT molecular complexity index is 300. The van der Waals surface area contributed by atoms with E-state index in [-0.39, 0.29) is 5.91 Å². The Balaban J connectivity index is 0. The van der Waals surface area contributed by atoms with Gasteiger partial charge in [-0.25, -0.2) is 0 Å². The SMILES string of the molecule is C=C(C)C(=O)N(C)C.CCCCCCCCCCCC(N)CCC. The van der Waals surface area contributed by atoms with Gasteiger partial charge in [-0.3, -0.25) is 4.79 Å². The van der Waals surface area contributed by atoms with Gasteiger partial charge in [-0.05, 0) is 19.8 Å². The average molecular weight is 341 g/mol. The van der Waals surface area contributed by atoms with Crippen LogP contribution in [0.4, 0.5) is 0 Å². The van der Waals surface area contributed by atoms with E-state index < -0.39 is 0 Å².